The monoisotopic (exact) mass is 231 g/mol. The van der Waals surface area contributed by atoms with Crippen LogP contribution in [0.3, 0.4) is 0 Å². The number of carboxylic acids is 1. The fraction of sp³-hybridized carbons (Fsp3) is 0.231. The average Bonchev–Trinajstić information content (AvgIpc) is 2.29. The highest BCUT2D eigenvalue weighted by Gasteiger charge is 2.07. The normalized spacial score (nSPS) is 10.4. The van der Waals surface area contributed by atoms with Crippen LogP contribution in [0, 0.1) is 0 Å². The van der Waals surface area contributed by atoms with Gasteiger partial charge in [0.25, 0.3) is 0 Å². The van der Waals surface area contributed by atoms with Crippen LogP contribution in [0.25, 0.3) is 10.8 Å². The third kappa shape index (κ3) is 2.53. The maximum Gasteiger partial charge on any atom is 0.307 e. The summed E-state index contributed by atoms with van der Waals surface area (Å²) in [6, 6.07) is 5.61. The van der Waals surface area contributed by atoms with Gasteiger partial charge in [0.05, 0.1) is 13.0 Å². The number of carboxylic acid groups (broad SMARTS) is 1. The van der Waals surface area contributed by atoms with Gasteiger partial charge in [0.1, 0.15) is 5.75 Å². The third-order valence-corrected chi connectivity index (χ3v) is 2.47. The van der Waals surface area contributed by atoms with Gasteiger partial charge >= 0.3 is 5.97 Å². The van der Waals surface area contributed by atoms with Crippen LogP contribution >= 0.6 is 0 Å². The Morgan fingerprint density at radius 1 is 1.41 bits per heavy atom. The molecule has 0 saturated heterocycles. The molecule has 0 amide bonds. The first kappa shape index (κ1) is 11.4. The molecule has 1 heterocycles. The molecule has 4 nitrogen and oxygen atoms in total. The minimum Gasteiger partial charge on any atom is -0.494 e. The summed E-state index contributed by atoms with van der Waals surface area (Å²) in [5.74, 6) is -0.112. The number of rotatable bonds is 4. The predicted molar refractivity (Wildman–Crippen MR) is 64.3 cm³/mol. The van der Waals surface area contributed by atoms with Crippen molar-refractivity contribution in [3.63, 3.8) is 0 Å². The second kappa shape index (κ2) is 4.82. The Morgan fingerprint density at radius 2 is 2.24 bits per heavy atom. The van der Waals surface area contributed by atoms with Crippen molar-refractivity contribution in [1.29, 1.82) is 0 Å². The summed E-state index contributed by atoms with van der Waals surface area (Å²) < 4.78 is 5.41. The summed E-state index contributed by atoms with van der Waals surface area (Å²) >= 11 is 0. The fourth-order valence-electron chi connectivity index (χ4n) is 1.76. The molecule has 0 atom stereocenters. The molecule has 1 N–H and O–H groups in total. The largest absolute Gasteiger partial charge is 0.494 e. The van der Waals surface area contributed by atoms with Crippen molar-refractivity contribution in [3.05, 3.63) is 36.2 Å². The Kier molecular flexibility index (Phi) is 3.23. The Hall–Kier alpha value is -2.10. The number of hydrogen-bond acceptors (Lipinski definition) is 3. The smallest absolute Gasteiger partial charge is 0.307 e. The van der Waals surface area contributed by atoms with Crippen LogP contribution in [0.15, 0.2) is 30.6 Å². The first-order chi connectivity index (χ1) is 8.20. The molecule has 0 aliphatic rings. The van der Waals surface area contributed by atoms with E-state index >= 15 is 0 Å². The van der Waals surface area contributed by atoms with Crippen molar-refractivity contribution in [2.75, 3.05) is 6.61 Å². The van der Waals surface area contributed by atoms with E-state index in [0.717, 1.165) is 16.5 Å². The van der Waals surface area contributed by atoms with Crippen LogP contribution in [0.1, 0.15) is 12.5 Å². The van der Waals surface area contributed by atoms with E-state index in [9.17, 15) is 4.79 Å². The van der Waals surface area contributed by atoms with Crippen molar-refractivity contribution >= 4 is 16.7 Å². The van der Waals surface area contributed by atoms with Gasteiger partial charge < -0.3 is 9.84 Å². The highest BCUT2D eigenvalue weighted by Crippen LogP contribution is 2.23. The van der Waals surface area contributed by atoms with E-state index in [2.05, 4.69) is 4.98 Å². The molecule has 0 saturated carbocycles. The maximum absolute atomic E-state index is 10.8. The highest BCUT2D eigenvalue weighted by molar-refractivity contribution is 5.88. The molecular formula is C13H13NO3. The Labute approximate surface area is 98.9 Å². The molecule has 17 heavy (non-hydrogen) atoms. The predicted octanol–water partition coefficient (Wildman–Crippen LogP) is 2.26. The minimum absolute atomic E-state index is 0.0279. The van der Waals surface area contributed by atoms with Gasteiger partial charge in [0.15, 0.2) is 0 Å². The van der Waals surface area contributed by atoms with Gasteiger partial charge in [-0.25, -0.2) is 0 Å². The van der Waals surface area contributed by atoms with Crippen LogP contribution in [0.4, 0.5) is 0 Å². The molecule has 2 aromatic rings. The summed E-state index contributed by atoms with van der Waals surface area (Å²) in [5, 5.41) is 10.6. The number of hydrogen-bond donors (Lipinski definition) is 1. The van der Waals surface area contributed by atoms with E-state index < -0.39 is 5.97 Å². The molecule has 88 valence electrons. The van der Waals surface area contributed by atoms with E-state index in [4.69, 9.17) is 9.84 Å². The van der Waals surface area contributed by atoms with Gasteiger partial charge in [-0.05, 0) is 36.1 Å². The third-order valence-electron chi connectivity index (χ3n) is 2.47. The Bertz CT molecular complexity index is 551. The summed E-state index contributed by atoms with van der Waals surface area (Å²) in [5.41, 5.74) is 0.705. The van der Waals surface area contributed by atoms with Crippen LogP contribution in [0.2, 0.25) is 0 Å². The number of aromatic nitrogens is 1. The number of fused-ring (bicyclic) bond motifs is 1. The number of aliphatic carboxylic acids is 1. The van der Waals surface area contributed by atoms with E-state index in [0.29, 0.717) is 12.2 Å². The molecule has 0 radical (unpaired) electrons. The number of pyridine rings is 1. The lowest BCUT2D eigenvalue weighted by molar-refractivity contribution is -0.136. The fourth-order valence-corrected chi connectivity index (χ4v) is 1.76. The van der Waals surface area contributed by atoms with Gasteiger partial charge in [-0.1, -0.05) is 0 Å². The molecule has 2 rings (SSSR count). The topological polar surface area (TPSA) is 59.4 Å². The standard InChI is InChI=1S/C13H13NO3/c1-2-17-11-4-3-9-7-14-8-10(5-13(15)16)12(9)6-11/h3-4,6-8H,2,5H2,1H3,(H,15,16). The van der Waals surface area contributed by atoms with Gasteiger partial charge in [-0.2, -0.15) is 0 Å². The van der Waals surface area contributed by atoms with Crippen LogP contribution in [0.5, 0.6) is 5.75 Å². The van der Waals surface area contributed by atoms with Crippen LogP contribution in [-0.4, -0.2) is 22.7 Å². The molecule has 1 aromatic carbocycles. The SMILES string of the molecule is CCOc1ccc2cncc(CC(=O)O)c2c1. The number of nitrogens with zero attached hydrogens (tertiary/aromatic N) is 1. The molecule has 0 aliphatic heterocycles. The van der Waals surface area contributed by atoms with E-state index in [1.54, 1.807) is 12.4 Å². The summed E-state index contributed by atoms with van der Waals surface area (Å²) in [7, 11) is 0. The van der Waals surface area contributed by atoms with Gasteiger partial charge in [0.2, 0.25) is 0 Å². The van der Waals surface area contributed by atoms with Crippen molar-refractivity contribution in [1.82, 2.24) is 4.98 Å². The van der Waals surface area contributed by atoms with E-state index in [1.165, 1.54) is 0 Å². The number of ether oxygens (including phenoxy) is 1. The second-order valence-electron chi connectivity index (χ2n) is 3.69. The van der Waals surface area contributed by atoms with Crippen molar-refractivity contribution in [2.45, 2.75) is 13.3 Å². The number of carbonyl (C=O) groups is 1. The molecule has 0 spiro atoms. The van der Waals surface area contributed by atoms with Gasteiger partial charge in [0, 0.05) is 17.8 Å². The summed E-state index contributed by atoms with van der Waals surface area (Å²) in [6.45, 7) is 2.50. The van der Waals surface area contributed by atoms with Crippen molar-refractivity contribution in [3.8, 4) is 5.75 Å². The maximum atomic E-state index is 10.8. The van der Waals surface area contributed by atoms with E-state index in [-0.39, 0.29) is 6.42 Å². The summed E-state index contributed by atoms with van der Waals surface area (Å²) in [4.78, 5) is 14.8. The molecular weight excluding hydrogens is 218 g/mol. The second-order valence-corrected chi connectivity index (χ2v) is 3.69. The lowest BCUT2D eigenvalue weighted by atomic mass is 10.1. The quantitative estimate of drug-likeness (QED) is 0.876. The zero-order valence-electron chi connectivity index (χ0n) is 9.51. The molecule has 0 fully saturated rings. The van der Waals surface area contributed by atoms with Crippen molar-refractivity contribution in [2.24, 2.45) is 0 Å². The van der Waals surface area contributed by atoms with Gasteiger partial charge in [-0.15, -0.1) is 0 Å². The molecule has 4 heteroatoms. The van der Waals surface area contributed by atoms with Crippen LogP contribution < -0.4 is 4.74 Å². The Balaban J connectivity index is 2.51. The minimum atomic E-state index is -0.860. The zero-order valence-corrected chi connectivity index (χ0v) is 9.51. The lowest BCUT2D eigenvalue weighted by Crippen LogP contribution is -2.01. The van der Waals surface area contributed by atoms with Gasteiger partial charge in [-0.3, -0.25) is 9.78 Å². The summed E-state index contributed by atoms with van der Waals surface area (Å²) in [6.07, 6.45) is 3.28. The first-order valence-corrected chi connectivity index (χ1v) is 5.42. The first-order valence-electron chi connectivity index (χ1n) is 5.42. The van der Waals surface area contributed by atoms with E-state index in [1.807, 2.05) is 25.1 Å². The van der Waals surface area contributed by atoms with Crippen LogP contribution in [-0.2, 0) is 11.2 Å². The molecule has 1 aromatic heterocycles. The zero-order chi connectivity index (χ0) is 12.3. The highest BCUT2D eigenvalue weighted by atomic mass is 16.5. The molecule has 0 unspecified atom stereocenters. The Morgan fingerprint density at radius 3 is 2.94 bits per heavy atom. The molecule has 0 aliphatic carbocycles. The van der Waals surface area contributed by atoms with Crippen molar-refractivity contribution < 1.29 is 14.6 Å². The average molecular weight is 231 g/mol. The lowest BCUT2D eigenvalue weighted by Gasteiger charge is -2.07. The molecule has 0 bridgehead atoms. The number of benzene rings is 1.